The van der Waals surface area contributed by atoms with Gasteiger partial charge in [0, 0.05) is 53.9 Å². The van der Waals surface area contributed by atoms with Gasteiger partial charge in [0.15, 0.2) is 0 Å². The van der Waals surface area contributed by atoms with Gasteiger partial charge in [-0.05, 0) is 78.9 Å². The number of hydrogen-bond donors (Lipinski definition) is 3. The Kier molecular flexibility index (Phi) is 7.15. The second-order valence-corrected chi connectivity index (χ2v) is 11.7. The number of rotatable bonds is 7. The first-order valence-electron chi connectivity index (χ1n) is 14.1. The lowest BCUT2D eigenvalue weighted by atomic mass is 9.97. The number of amides is 2. The molecule has 2 fully saturated rings. The molecule has 0 spiro atoms. The van der Waals surface area contributed by atoms with Crippen LogP contribution in [0.5, 0.6) is 0 Å². The first kappa shape index (κ1) is 26.4. The Hall–Kier alpha value is -4.54. The van der Waals surface area contributed by atoms with Crippen LogP contribution in [0.15, 0.2) is 78.0 Å². The molecule has 9 nitrogen and oxygen atoms in total. The number of nitrogens with zero attached hydrogens (tertiary/aromatic N) is 4. The van der Waals surface area contributed by atoms with E-state index in [-0.39, 0.29) is 11.1 Å². The summed E-state index contributed by atoms with van der Waals surface area (Å²) in [6.45, 7) is 3.34. The number of benzene rings is 2. The van der Waals surface area contributed by atoms with E-state index in [9.17, 15) is 9.59 Å². The molecule has 42 heavy (non-hydrogen) atoms. The smallest absolute Gasteiger partial charge is 0.290 e. The predicted octanol–water partition coefficient (Wildman–Crippen LogP) is 5.50. The van der Waals surface area contributed by atoms with Gasteiger partial charge < -0.3 is 15.2 Å². The van der Waals surface area contributed by atoms with Crippen molar-refractivity contribution in [1.82, 2.24) is 30.6 Å². The van der Waals surface area contributed by atoms with E-state index in [1.807, 2.05) is 6.20 Å². The largest absolute Gasteiger partial charge is 0.361 e. The number of aromatic amines is 1. The third-order valence-corrected chi connectivity index (χ3v) is 8.69. The van der Waals surface area contributed by atoms with Crippen molar-refractivity contribution >= 4 is 56.6 Å². The predicted molar refractivity (Wildman–Crippen MR) is 167 cm³/mol. The van der Waals surface area contributed by atoms with Gasteiger partial charge in [-0.1, -0.05) is 30.3 Å². The first-order chi connectivity index (χ1) is 20.6. The van der Waals surface area contributed by atoms with Crippen molar-refractivity contribution in [3.63, 3.8) is 0 Å². The average molecular weight is 576 g/mol. The van der Waals surface area contributed by atoms with Crippen LogP contribution in [0.25, 0.3) is 39.0 Å². The molecule has 5 aromatic rings. The van der Waals surface area contributed by atoms with Gasteiger partial charge in [-0.25, -0.2) is 9.97 Å². The van der Waals surface area contributed by atoms with E-state index in [0.29, 0.717) is 29.0 Å². The molecular weight excluding hydrogens is 546 g/mol. The Balaban J connectivity index is 0.990. The molecule has 210 valence electrons. The molecule has 0 bridgehead atoms. The maximum atomic E-state index is 11.9. The molecular formula is C32H29N7O2S. The van der Waals surface area contributed by atoms with Gasteiger partial charge in [0.25, 0.3) is 11.1 Å². The molecule has 2 saturated heterocycles. The normalized spacial score (nSPS) is 17.0. The maximum Gasteiger partial charge on any atom is 0.290 e. The number of pyridine rings is 1. The number of H-pyrrole nitrogens is 1. The summed E-state index contributed by atoms with van der Waals surface area (Å²) in [4.78, 5) is 43.3. The van der Waals surface area contributed by atoms with Gasteiger partial charge in [0.1, 0.15) is 0 Å². The minimum absolute atomic E-state index is 0.351. The molecule has 0 saturated carbocycles. The summed E-state index contributed by atoms with van der Waals surface area (Å²) in [6.07, 6.45) is 7.35. The van der Waals surface area contributed by atoms with Crippen LogP contribution >= 0.6 is 11.8 Å². The second kappa shape index (κ2) is 11.4. The van der Waals surface area contributed by atoms with Crippen molar-refractivity contribution in [2.75, 3.05) is 24.5 Å². The minimum Gasteiger partial charge on any atom is -0.361 e. The van der Waals surface area contributed by atoms with Crippen molar-refractivity contribution in [3.05, 3.63) is 89.4 Å². The molecule has 3 aromatic heterocycles. The lowest BCUT2D eigenvalue weighted by Crippen LogP contribution is -2.38. The zero-order valence-electron chi connectivity index (χ0n) is 22.8. The van der Waals surface area contributed by atoms with Crippen molar-refractivity contribution in [2.45, 2.75) is 19.4 Å². The molecule has 2 aliphatic heterocycles. The van der Waals surface area contributed by atoms with E-state index in [1.54, 1.807) is 18.3 Å². The molecule has 7 rings (SSSR count). The summed E-state index contributed by atoms with van der Waals surface area (Å²) in [5.74, 6) is 0.809. The summed E-state index contributed by atoms with van der Waals surface area (Å²) in [5.41, 5.74) is 4.90. The molecule has 0 atom stereocenters. The molecule has 2 amide bonds. The average Bonchev–Trinajstić information content (AvgIpc) is 3.62. The van der Waals surface area contributed by atoms with Crippen LogP contribution in [0, 0.1) is 5.92 Å². The van der Waals surface area contributed by atoms with Crippen molar-refractivity contribution in [1.29, 1.82) is 0 Å². The molecule has 0 radical (unpaired) electrons. The molecule has 2 aromatic carbocycles. The van der Waals surface area contributed by atoms with Gasteiger partial charge in [-0.3, -0.25) is 19.9 Å². The van der Waals surface area contributed by atoms with Crippen LogP contribution in [0.4, 0.5) is 10.7 Å². The highest BCUT2D eigenvalue weighted by Crippen LogP contribution is 2.28. The number of carbonyl (C=O) groups excluding carboxylic acids is 2. The number of imide groups is 1. The number of aromatic nitrogens is 4. The van der Waals surface area contributed by atoms with E-state index < -0.39 is 0 Å². The summed E-state index contributed by atoms with van der Waals surface area (Å²) in [6, 6.07) is 20.9. The van der Waals surface area contributed by atoms with Crippen LogP contribution in [-0.2, 0) is 11.3 Å². The van der Waals surface area contributed by atoms with Gasteiger partial charge in [0.05, 0.1) is 22.0 Å². The minimum atomic E-state index is -0.383. The summed E-state index contributed by atoms with van der Waals surface area (Å²) in [5, 5.41) is 9.15. The van der Waals surface area contributed by atoms with E-state index in [1.165, 1.54) is 16.2 Å². The fourth-order valence-electron chi connectivity index (χ4n) is 5.65. The Morgan fingerprint density at radius 3 is 2.74 bits per heavy atom. The summed E-state index contributed by atoms with van der Waals surface area (Å²) in [7, 11) is 0. The third-order valence-electron chi connectivity index (χ3n) is 7.88. The lowest BCUT2D eigenvalue weighted by Gasteiger charge is -2.32. The number of nitrogens with one attached hydrogen (secondary N) is 3. The zero-order chi connectivity index (χ0) is 28.5. The molecule has 10 heteroatoms. The van der Waals surface area contributed by atoms with Crippen molar-refractivity contribution in [3.8, 4) is 11.3 Å². The monoisotopic (exact) mass is 575 g/mol. The fraction of sp³-hybridized carbons (Fsp3) is 0.219. The molecule has 3 N–H and O–H groups in total. The number of anilines is 1. The van der Waals surface area contributed by atoms with E-state index >= 15 is 0 Å². The third kappa shape index (κ3) is 5.50. The molecule has 5 heterocycles. The van der Waals surface area contributed by atoms with Crippen LogP contribution in [-0.4, -0.2) is 50.7 Å². The maximum absolute atomic E-state index is 11.9. The van der Waals surface area contributed by atoms with Gasteiger partial charge in [0.2, 0.25) is 5.95 Å². The Morgan fingerprint density at radius 2 is 1.88 bits per heavy atom. The highest BCUT2D eigenvalue weighted by Gasteiger charge is 2.26. The standard InChI is InChI=1S/C32H29N7O2S/c40-30-29(42-32(41)38-30)17-24-8-12-35-31(36-24)39-13-9-20(10-14-39)18-33-19-28-25-4-2-1-3-21(25)16-27(37-28)22-5-6-26-23(15-22)7-11-34-26/h1-8,11-12,15-17,20,33-34H,9-10,13-14,18-19H2,(H,38,40,41). The number of hydrogen-bond acceptors (Lipinski definition) is 8. The van der Waals surface area contributed by atoms with Crippen molar-refractivity contribution in [2.24, 2.45) is 5.92 Å². The molecule has 0 unspecified atom stereocenters. The van der Waals surface area contributed by atoms with Crippen LogP contribution in [0.2, 0.25) is 0 Å². The number of thioether (sulfide) groups is 1. The topological polar surface area (TPSA) is 116 Å². The lowest BCUT2D eigenvalue weighted by molar-refractivity contribution is -0.115. The van der Waals surface area contributed by atoms with Crippen molar-refractivity contribution < 1.29 is 9.59 Å². The van der Waals surface area contributed by atoms with Crippen LogP contribution in [0.3, 0.4) is 0 Å². The summed E-state index contributed by atoms with van der Waals surface area (Å²) < 4.78 is 0. The Labute approximate surface area is 246 Å². The van der Waals surface area contributed by atoms with Crippen LogP contribution in [0.1, 0.15) is 24.2 Å². The molecule has 0 aliphatic carbocycles. The SMILES string of the molecule is O=C1NC(=O)C(=Cc2ccnc(N3CCC(CNCc4nc(-c5ccc6[nH]ccc6c5)cc5ccccc45)CC3)n2)S1. The van der Waals surface area contributed by atoms with E-state index in [4.69, 9.17) is 4.98 Å². The van der Waals surface area contributed by atoms with E-state index in [2.05, 4.69) is 85.1 Å². The number of piperidine rings is 1. The molecule has 2 aliphatic rings. The highest BCUT2D eigenvalue weighted by molar-refractivity contribution is 8.18. The second-order valence-electron chi connectivity index (χ2n) is 10.7. The van der Waals surface area contributed by atoms with Gasteiger partial charge >= 0.3 is 0 Å². The zero-order valence-corrected chi connectivity index (χ0v) is 23.7. The Bertz CT molecular complexity index is 1840. The highest BCUT2D eigenvalue weighted by atomic mass is 32.2. The summed E-state index contributed by atoms with van der Waals surface area (Å²) >= 11 is 0.892. The van der Waals surface area contributed by atoms with Gasteiger partial charge in [-0.2, -0.15) is 0 Å². The van der Waals surface area contributed by atoms with Crippen LogP contribution < -0.4 is 15.5 Å². The quantitative estimate of drug-likeness (QED) is 0.218. The Morgan fingerprint density at radius 1 is 1.00 bits per heavy atom. The van der Waals surface area contributed by atoms with E-state index in [0.717, 1.165) is 66.7 Å². The van der Waals surface area contributed by atoms with Gasteiger partial charge in [-0.15, -0.1) is 0 Å². The number of carbonyl (C=O) groups is 2. The first-order valence-corrected chi connectivity index (χ1v) is 14.9. The number of fused-ring (bicyclic) bond motifs is 2. The fourth-order valence-corrected chi connectivity index (χ4v) is 6.31.